The monoisotopic (exact) mass is 300 g/mol. The third-order valence-electron chi connectivity index (χ3n) is 3.87. The molecule has 1 heterocycles. The zero-order valence-electron chi connectivity index (χ0n) is 12.4. The van der Waals surface area contributed by atoms with Crippen LogP contribution < -0.4 is 5.32 Å². The van der Waals surface area contributed by atoms with Gasteiger partial charge in [0.05, 0.1) is 6.54 Å². The molecule has 1 N–H and O–H groups in total. The molecule has 0 spiro atoms. The Labute approximate surface area is 127 Å². The van der Waals surface area contributed by atoms with Crippen LogP contribution in [0.2, 0.25) is 0 Å². The Bertz CT molecular complexity index is 735. The Morgan fingerprint density at radius 3 is 2.50 bits per heavy atom. The van der Waals surface area contributed by atoms with Crippen molar-refractivity contribution in [3.63, 3.8) is 0 Å². The highest BCUT2D eigenvalue weighted by Crippen LogP contribution is 2.34. The van der Waals surface area contributed by atoms with Gasteiger partial charge in [0.15, 0.2) is 0 Å². The number of carbonyl (C=O) groups excluding carboxylic acids is 2. The number of amides is 2. The van der Waals surface area contributed by atoms with E-state index in [-0.39, 0.29) is 6.54 Å². The Morgan fingerprint density at radius 2 is 1.82 bits per heavy atom. The molecule has 0 saturated carbocycles. The summed E-state index contributed by atoms with van der Waals surface area (Å²) in [5.41, 5.74) is 1.82. The van der Waals surface area contributed by atoms with E-state index in [2.05, 4.69) is 12.2 Å². The highest BCUT2D eigenvalue weighted by molar-refractivity contribution is 6.26. The summed E-state index contributed by atoms with van der Waals surface area (Å²) < 4.78 is 12.6. The van der Waals surface area contributed by atoms with Crippen molar-refractivity contribution in [2.45, 2.75) is 13.3 Å². The highest BCUT2D eigenvalue weighted by Gasteiger charge is 2.32. The molecule has 0 radical (unpaired) electrons. The molecule has 0 saturated heterocycles. The maximum absolute atomic E-state index is 12.6. The number of imide groups is 1. The second-order valence-corrected chi connectivity index (χ2v) is 5.27. The van der Waals surface area contributed by atoms with Gasteiger partial charge in [0.25, 0.3) is 11.8 Å². The third kappa shape index (κ3) is 2.13. The number of benzene rings is 2. The van der Waals surface area contributed by atoms with E-state index in [1.165, 1.54) is 0 Å². The summed E-state index contributed by atoms with van der Waals surface area (Å²) in [4.78, 5) is 25.9. The van der Waals surface area contributed by atoms with Crippen LogP contribution in [0, 0.1) is 0 Å². The van der Waals surface area contributed by atoms with Gasteiger partial charge in [-0.25, -0.2) is 4.39 Å². The first-order chi connectivity index (χ1) is 10.7. The lowest BCUT2D eigenvalue weighted by atomic mass is 9.93. The van der Waals surface area contributed by atoms with E-state index in [1.54, 1.807) is 18.2 Å². The second-order valence-electron chi connectivity index (χ2n) is 5.27. The number of nitrogens with zero attached hydrogens (tertiary/aromatic N) is 1. The van der Waals surface area contributed by atoms with Crippen LogP contribution >= 0.6 is 0 Å². The van der Waals surface area contributed by atoms with Crippen LogP contribution in [-0.2, 0) is 0 Å². The Balaban J connectivity index is 2.20. The Morgan fingerprint density at radius 1 is 1.09 bits per heavy atom. The first kappa shape index (κ1) is 14.5. The summed E-state index contributed by atoms with van der Waals surface area (Å²) in [5, 5.41) is 4.82. The van der Waals surface area contributed by atoms with E-state index in [0.29, 0.717) is 16.5 Å². The molecule has 2 aromatic carbocycles. The van der Waals surface area contributed by atoms with Crippen molar-refractivity contribution in [1.82, 2.24) is 4.90 Å². The fourth-order valence-corrected chi connectivity index (χ4v) is 2.85. The molecule has 1 aliphatic rings. The average molecular weight is 300 g/mol. The quantitative estimate of drug-likeness (QED) is 0.863. The fourth-order valence-electron chi connectivity index (χ4n) is 2.85. The van der Waals surface area contributed by atoms with E-state index >= 15 is 0 Å². The molecule has 0 fully saturated rings. The van der Waals surface area contributed by atoms with Crippen LogP contribution in [0.3, 0.4) is 0 Å². The number of nitrogens with one attached hydrogen (secondary N) is 1. The van der Waals surface area contributed by atoms with Crippen molar-refractivity contribution >= 4 is 28.3 Å². The van der Waals surface area contributed by atoms with Crippen LogP contribution in [0.4, 0.5) is 10.1 Å². The zero-order valence-corrected chi connectivity index (χ0v) is 12.4. The van der Waals surface area contributed by atoms with Crippen LogP contribution in [0.15, 0.2) is 30.3 Å². The molecular formula is C17H17FN2O2. The molecule has 114 valence electrons. The molecule has 1 aliphatic heterocycles. The summed E-state index contributed by atoms with van der Waals surface area (Å²) in [6.07, 6.45) is 0.977. The molecule has 0 aromatic heterocycles. The predicted molar refractivity (Wildman–Crippen MR) is 84.1 cm³/mol. The van der Waals surface area contributed by atoms with Crippen molar-refractivity contribution < 1.29 is 14.0 Å². The first-order valence-electron chi connectivity index (χ1n) is 7.40. The molecule has 5 heteroatoms. The van der Waals surface area contributed by atoms with Crippen LogP contribution in [-0.4, -0.2) is 36.5 Å². The van der Waals surface area contributed by atoms with E-state index in [1.807, 2.05) is 12.1 Å². The molecule has 0 unspecified atom stereocenters. The molecule has 0 atom stereocenters. The Hall–Kier alpha value is -2.43. The minimum absolute atomic E-state index is 0.205. The van der Waals surface area contributed by atoms with Gasteiger partial charge >= 0.3 is 0 Å². The summed E-state index contributed by atoms with van der Waals surface area (Å²) in [7, 11) is 0. The maximum atomic E-state index is 12.6. The van der Waals surface area contributed by atoms with Crippen molar-refractivity contribution in [2.24, 2.45) is 0 Å². The van der Waals surface area contributed by atoms with Gasteiger partial charge in [-0.05, 0) is 24.6 Å². The lowest BCUT2D eigenvalue weighted by Gasteiger charge is -2.27. The SMILES string of the molecule is CCCNc1ccc2c3c(cccc13)C(=O)N(CCF)C2=O. The fraction of sp³-hybridized carbons (Fsp3) is 0.294. The smallest absolute Gasteiger partial charge is 0.261 e. The molecule has 0 bridgehead atoms. The third-order valence-corrected chi connectivity index (χ3v) is 3.87. The van der Waals surface area contributed by atoms with E-state index in [9.17, 15) is 14.0 Å². The number of alkyl halides is 1. The normalized spacial score (nSPS) is 13.8. The van der Waals surface area contributed by atoms with Gasteiger partial charge in [0, 0.05) is 34.1 Å². The van der Waals surface area contributed by atoms with Crippen LogP contribution in [0.5, 0.6) is 0 Å². The van der Waals surface area contributed by atoms with Gasteiger partial charge in [-0.3, -0.25) is 14.5 Å². The predicted octanol–water partition coefficient (Wildman–Crippen LogP) is 3.23. The van der Waals surface area contributed by atoms with Gasteiger partial charge in [0.1, 0.15) is 6.67 Å². The minimum Gasteiger partial charge on any atom is -0.385 e. The van der Waals surface area contributed by atoms with E-state index < -0.39 is 18.5 Å². The standard InChI is InChI=1S/C17H17FN2O2/c1-2-9-19-14-7-6-13-15-11(14)4-3-5-12(15)16(21)20(10-8-18)17(13)22/h3-7,19H,2,8-10H2,1H3. The number of hydrogen-bond donors (Lipinski definition) is 1. The van der Waals surface area contributed by atoms with Crippen LogP contribution in [0.25, 0.3) is 10.8 Å². The number of rotatable bonds is 5. The molecule has 4 nitrogen and oxygen atoms in total. The largest absolute Gasteiger partial charge is 0.385 e. The number of hydrogen-bond acceptors (Lipinski definition) is 3. The van der Waals surface area contributed by atoms with Gasteiger partial charge in [-0.15, -0.1) is 0 Å². The highest BCUT2D eigenvalue weighted by atomic mass is 19.1. The topological polar surface area (TPSA) is 49.4 Å². The maximum Gasteiger partial charge on any atom is 0.261 e. The van der Waals surface area contributed by atoms with E-state index in [0.717, 1.165) is 28.9 Å². The van der Waals surface area contributed by atoms with Crippen LogP contribution in [0.1, 0.15) is 34.1 Å². The summed E-state index contributed by atoms with van der Waals surface area (Å²) in [5.74, 6) is -0.846. The minimum atomic E-state index is -0.737. The molecule has 0 aliphatic carbocycles. The summed E-state index contributed by atoms with van der Waals surface area (Å²) in [6, 6.07) is 8.93. The molecule has 3 rings (SSSR count). The van der Waals surface area contributed by atoms with Gasteiger partial charge in [-0.2, -0.15) is 0 Å². The number of halogens is 1. The lowest BCUT2D eigenvalue weighted by Crippen LogP contribution is -2.41. The van der Waals surface area contributed by atoms with Crippen molar-refractivity contribution in [1.29, 1.82) is 0 Å². The van der Waals surface area contributed by atoms with Gasteiger partial charge in [-0.1, -0.05) is 19.1 Å². The average Bonchev–Trinajstić information content (AvgIpc) is 2.54. The number of anilines is 1. The van der Waals surface area contributed by atoms with Gasteiger partial charge < -0.3 is 5.32 Å². The summed E-state index contributed by atoms with van der Waals surface area (Å²) in [6.45, 7) is 1.94. The van der Waals surface area contributed by atoms with Crippen molar-refractivity contribution in [2.75, 3.05) is 25.1 Å². The molecule has 2 aromatic rings. The summed E-state index contributed by atoms with van der Waals surface area (Å²) >= 11 is 0. The second kappa shape index (κ2) is 5.75. The number of carbonyl (C=O) groups is 2. The van der Waals surface area contributed by atoms with E-state index in [4.69, 9.17) is 0 Å². The molecular weight excluding hydrogens is 283 g/mol. The molecule has 22 heavy (non-hydrogen) atoms. The Kier molecular flexibility index (Phi) is 3.79. The van der Waals surface area contributed by atoms with Crippen molar-refractivity contribution in [3.05, 3.63) is 41.5 Å². The zero-order chi connectivity index (χ0) is 15.7. The first-order valence-corrected chi connectivity index (χ1v) is 7.40. The molecule has 2 amide bonds. The van der Waals surface area contributed by atoms with Gasteiger partial charge in [0.2, 0.25) is 0 Å². The van der Waals surface area contributed by atoms with Crippen molar-refractivity contribution in [3.8, 4) is 0 Å². The lowest BCUT2D eigenvalue weighted by molar-refractivity contribution is 0.0600.